The van der Waals surface area contributed by atoms with E-state index in [9.17, 15) is 4.79 Å². The van der Waals surface area contributed by atoms with E-state index in [0.29, 0.717) is 26.1 Å². The normalized spacial score (nSPS) is 13.6. The third kappa shape index (κ3) is 4.39. The molecular formula is C19H22N6O2. The molecule has 27 heavy (non-hydrogen) atoms. The fourth-order valence-corrected chi connectivity index (χ4v) is 3.27. The molecule has 4 heterocycles. The quantitative estimate of drug-likeness (QED) is 0.633. The lowest BCUT2D eigenvalue weighted by molar-refractivity contribution is -0.132. The Bertz CT molecular complexity index is 875. The Labute approximate surface area is 157 Å². The van der Waals surface area contributed by atoms with Gasteiger partial charge in [0.15, 0.2) is 5.89 Å². The smallest absolute Gasteiger partial charge is 0.223 e. The molecule has 8 nitrogen and oxygen atoms in total. The first kappa shape index (κ1) is 17.4. The van der Waals surface area contributed by atoms with Crippen LogP contribution >= 0.6 is 0 Å². The van der Waals surface area contributed by atoms with Crippen LogP contribution in [0.1, 0.15) is 35.7 Å². The molecule has 0 fully saturated rings. The SMILES string of the molecule is O=C(CCCn1cncn1)N1CCc2oc(CCc3cccnc3)nc2C1. The van der Waals surface area contributed by atoms with Crippen molar-refractivity contribution in [2.75, 3.05) is 6.54 Å². The highest BCUT2D eigenvalue weighted by Gasteiger charge is 2.25. The summed E-state index contributed by atoms with van der Waals surface area (Å²) in [5.41, 5.74) is 2.06. The number of oxazole rings is 1. The van der Waals surface area contributed by atoms with Crippen molar-refractivity contribution in [3.63, 3.8) is 0 Å². The lowest BCUT2D eigenvalue weighted by Gasteiger charge is -2.25. The first-order valence-corrected chi connectivity index (χ1v) is 9.24. The topological polar surface area (TPSA) is 89.9 Å². The predicted molar refractivity (Wildman–Crippen MR) is 96.5 cm³/mol. The minimum absolute atomic E-state index is 0.153. The number of rotatable bonds is 7. The fourth-order valence-electron chi connectivity index (χ4n) is 3.27. The maximum atomic E-state index is 12.5. The van der Waals surface area contributed by atoms with E-state index >= 15 is 0 Å². The molecule has 0 saturated heterocycles. The van der Waals surface area contributed by atoms with Crippen LogP contribution in [0.2, 0.25) is 0 Å². The van der Waals surface area contributed by atoms with Gasteiger partial charge in [-0.15, -0.1) is 0 Å². The van der Waals surface area contributed by atoms with Crippen molar-refractivity contribution in [3.8, 4) is 0 Å². The highest BCUT2D eigenvalue weighted by Crippen LogP contribution is 2.21. The van der Waals surface area contributed by atoms with Gasteiger partial charge in [0.1, 0.15) is 24.1 Å². The fraction of sp³-hybridized carbons (Fsp3) is 0.421. The third-order valence-corrected chi connectivity index (χ3v) is 4.72. The lowest BCUT2D eigenvalue weighted by atomic mass is 10.1. The zero-order valence-electron chi connectivity index (χ0n) is 15.1. The van der Waals surface area contributed by atoms with Crippen LogP contribution in [0.15, 0.2) is 41.6 Å². The van der Waals surface area contributed by atoms with Gasteiger partial charge in [-0.25, -0.2) is 9.97 Å². The molecule has 0 radical (unpaired) electrons. The van der Waals surface area contributed by atoms with Crippen LogP contribution in [0.3, 0.4) is 0 Å². The monoisotopic (exact) mass is 366 g/mol. The van der Waals surface area contributed by atoms with Gasteiger partial charge >= 0.3 is 0 Å². The first-order chi connectivity index (χ1) is 13.3. The largest absolute Gasteiger partial charge is 0.445 e. The summed E-state index contributed by atoms with van der Waals surface area (Å²) < 4.78 is 7.64. The number of hydrogen-bond acceptors (Lipinski definition) is 6. The second-order valence-corrected chi connectivity index (χ2v) is 6.67. The number of pyridine rings is 1. The minimum Gasteiger partial charge on any atom is -0.445 e. The Morgan fingerprint density at radius 2 is 2.22 bits per heavy atom. The average molecular weight is 366 g/mol. The van der Waals surface area contributed by atoms with E-state index in [2.05, 4.69) is 26.1 Å². The number of amides is 1. The second kappa shape index (κ2) is 8.11. The van der Waals surface area contributed by atoms with E-state index in [1.54, 1.807) is 17.2 Å². The number of carbonyl (C=O) groups is 1. The van der Waals surface area contributed by atoms with E-state index in [-0.39, 0.29) is 5.91 Å². The summed E-state index contributed by atoms with van der Waals surface area (Å²) in [7, 11) is 0. The number of fused-ring (bicyclic) bond motifs is 1. The number of aromatic nitrogens is 5. The molecule has 140 valence electrons. The molecule has 0 N–H and O–H groups in total. The van der Waals surface area contributed by atoms with Crippen LogP contribution in [-0.4, -0.2) is 42.1 Å². The summed E-state index contributed by atoms with van der Waals surface area (Å²) in [6.45, 7) is 1.92. The lowest BCUT2D eigenvalue weighted by Crippen LogP contribution is -2.35. The molecule has 0 aliphatic carbocycles. The van der Waals surface area contributed by atoms with Gasteiger partial charge in [-0.1, -0.05) is 6.07 Å². The van der Waals surface area contributed by atoms with E-state index in [1.807, 2.05) is 17.2 Å². The Balaban J connectivity index is 1.28. The van der Waals surface area contributed by atoms with Gasteiger partial charge in [0.25, 0.3) is 0 Å². The number of carbonyl (C=O) groups excluding carboxylic acids is 1. The van der Waals surface area contributed by atoms with Crippen LogP contribution in [0.25, 0.3) is 0 Å². The molecule has 4 rings (SSSR count). The second-order valence-electron chi connectivity index (χ2n) is 6.67. The van der Waals surface area contributed by atoms with Crippen LogP contribution < -0.4 is 0 Å². The third-order valence-electron chi connectivity index (χ3n) is 4.72. The summed E-state index contributed by atoms with van der Waals surface area (Å²) in [4.78, 5) is 27.0. The Kier molecular flexibility index (Phi) is 5.22. The zero-order chi connectivity index (χ0) is 18.5. The maximum absolute atomic E-state index is 12.5. The molecule has 3 aromatic rings. The average Bonchev–Trinajstić information content (AvgIpc) is 3.36. The standard InChI is InChI=1S/C19H22N6O2/c26-19(4-2-9-25-14-21-13-22-25)24-10-7-17-16(12-24)23-18(27-17)6-5-15-3-1-8-20-11-15/h1,3,8,11,13-14H,2,4-7,9-10,12H2. The van der Waals surface area contributed by atoms with Gasteiger partial charge < -0.3 is 9.32 Å². The van der Waals surface area contributed by atoms with Crippen molar-refractivity contribution in [1.82, 2.24) is 29.6 Å². The highest BCUT2D eigenvalue weighted by molar-refractivity contribution is 5.76. The molecule has 1 aliphatic heterocycles. The van der Waals surface area contributed by atoms with E-state index in [4.69, 9.17) is 4.42 Å². The van der Waals surface area contributed by atoms with Crippen LogP contribution in [0.4, 0.5) is 0 Å². The first-order valence-electron chi connectivity index (χ1n) is 9.24. The van der Waals surface area contributed by atoms with Crippen LogP contribution in [0, 0.1) is 0 Å². The molecule has 0 spiro atoms. The molecule has 0 bridgehead atoms. The van der Waals surface area contributed by atoms with Crippen LogP contribution in [0.5, 0.6) is 0 Å². The number of nitrogens with zero attached hydrogens (tertiary/aromatic N) is 6. The summed E-state index contributed by atoms with van der Waals surface area (Å²) >= 11 is 0. The van der Waals surface area contributed by atoms with Gasteiger partial charge in [0.05, 0.1) is 6.54 Å². The van der Waals surface area contributed by atoms with Gasteiger partial charge in [-0.2, -0.15) is 5.10 Å². The molecule has 3 aromatic heterocycles. The maximum Gasteiger partial charge on any atom is 0.223 e. The Morgan fingerprint density at radius 3 is 3.04 bits per heavy atom. The van der Waals surface area contributed by atoms with Crippen molar-refractivity contribution in [2.24, 2.45) is 0 Å². The molecule has 1 aliphatic rings. The molecule has 8 heteroatoms. The predicted octanol–water partition coefficient (Wildman–Crippen LogP) is 1.81. The van der Waals surface area contributed by atoms with Crippen LogP contribution in [-0.2, 0) is 37.1 Å². The van der Waals surface area contributed by atoms with Crippen molar-refractivity contribution in [1.29, 1.82) is 0 Å². The van der Waals surface area contributed by atoms with Gasteiger partial charge in [-0.05, 0) is 24.5 Å². The highest BCUT2D eigenvalue weighted by atomic mass is 16.4. The summed E-state index contributed by atoms with van der Waals surface area (Å²) in [5, 5.41) is 4.05. The van der Waals surface area contributed by atoms with E-state index in [0.717, 1.165) is 48.6 Å². The molecule has 0 atom stereocenters. The summed E-state index contributed by atoms with van der Waals surface area (Å²) in [6, 6.07) is 3.98. The Hall–Kier alpha value is -3.03. The molecule has 0 saturated carbocycles. The van der Waals surface area contributed by atoms with E-state index in [1.165, 1.54) is 6.33 Å². The zero-order valence-corrected chi connectivity index (χ0v) is 15.1. The van der Waals surface area contributed by atoms with Gasteiger partial charge in [0, 0.05) is 44.7 Å². The molecule has 1 amide bonds. The van der Waals surface area contributed by atoms with Gasteiger partial charge in [0.2, 0.25) is 5.91 Å². The summed E-state index contributed by atoms with van der Waals surface area (Å²) in [5.74, 6) is 1.81. The molecule has 0 aromatic carbocycles. The number of aryl methyl sites for hydroxylation is 3. The molecule has 0 unspecified atom stereocenters. The van der Waals surface area contributed by atoms with E-state index < -0.39 is 0 Å². The minimum atomic E-state index is 0.153. The van der Waals surface area contributed by atoms with Gasteiger partial charge in [-0.3, -0.25) is 14.5 Å². The number of hydrogen-bond donors (Lipinski definition) is 0. The molecular weight excluding hydrogens is 344 g/mol. The van der Waals surface area contributed by atoms with Crippen molar-refractivity contribution in [2.45, 2.75) is 45.2 Å². The summed E-state index contributed by atoms with van der Waals surface area (Å²) in [6.07, 6.45) is 10.4. The van der Waals surface area contributed by atoms with Crippen molar-refractivity contribution in [3.05, 3.63) is 60.1 Å². The Morgan fingerprint density at radius 1 is 1.26 bits per heavy atom. The van der Waals surface area contributed by atoms with Crippen molar-refractivity contribution >= 4 is 5.91 Å². The van der Waals surface area contributed by atoms with Crippen molar-refractivity contribution < 1.29 is 9.21 Å².